The summed E-state index contributed by atoms with van der Waals surface area (Å²) in [6.07, 6.45) is 5.74. The van der Waals surface area contributed by atoms with Crippen LogP contribution >= 0.6 is 11.6 Å². The van der Waals surface area contributed by atoms with Gasteiger partial charge in [-0.2, -0.15) is 0 Å². The molecule has 0 aromatic heterocycles. The molecule has 2 nitrogen and oxygen atoms in total. The Morgan fingerprint density at radius 3 is 2.54 bits per heavy atom. The Bertz CT molecular complexity index is 262. The first-order valence-electron chi connectivity index (χ1n) is 4.00. The molecular formula is C10H15ClN2. The van der Waals surface area contributed by atoms with Crippen LogP contribution in [0.15, 0.2) is 41.1 Å². The van der Waals surface area contributed by atoms with Gasteiger partial charge in [0, 0.05) is 12.7 Å². The maximum Gasteiger partial charge on any atom is 0.195 e. The maximum atomic E-state index is 5.72. The van der Waals surface area contributed by atoms with Crippen molar-refractivity contribution in [3.05, 3.63) is 36.1 Å². The van der Waals surface area contributed by atoms with Gasteiger partial charge in [-0.1, -0.05) is 18.7 Å². The van der Waals surface area contributed by atoms with Gasteiger partial charge in [0.1, 0.15) is 0 Å². The first-order chi connectivity index (χ1) is 6.11. The fourth-order valence-electron chi connectivity index (χ4n) is 0.650. The van der Waals surface area contributed by atoms with Crippen LogP contribution in [0.2, 0.25) is 0 Å². The van der Waals surface area contributed by atoms with Gasteiger partial charge < -0.3 is 5.32 Å². The summed E-state index contributed by atoms with van der Waals surface area (Å²) in [4.78, 5) is 3.78. The third-order valence-corrected chi connectivity index (χ3v) is 1.61. The molecule has 0 saturated carbocycles. The van der Waals surface area contributed by atoms with Crippen molar-refractivity contribution in [2.75, 3.05) is 7.05 Å². The van der Waals surface area contributed by atoms with E-state index < -0.39 is 0 Å². The number of halogens is 1. The highest BCUT2D eigenvalue weighted by Crippen LogP contribution is 2.03. The molecule has 0 amide bonds. The highest BCUT2D eigenvalue weighted by atomic mass is 35.5. The fraction of sp³-hybridized carbons (Fsp3) is 0.300. The largest absolute Gasteiger partial charge is 0.331 e. The zero-order valence-corrected chi connectivity index (χ0v) is 9.02. The molecule has 0 aliphatic heterocycles. The predicted molar refractivity (Wildman–Crippen MR) is 60.1 cm³/mol. The molecule has 0 spiro atoms. The van der Waals surface area contributed by atoms with Crippen molar-refractivity contribution in [1.82, 2.24) is 5.32 Å². The quantitative estimate of drug-likeness (QED) is 0.321. The highest BCUT2D eigenvalue weighted by Gasteiger charge is 1.97. The monoisotopic (exact) mass is 198 g/mol. The topological polar surface area (TPSA) is 24.4 Å². The molecule has 0 atom stereocenters. The van der Waals surface area contributed by atoms with Gasteiger partial charge in [-0.05, 0) is 37.1 Å². The molecule has 13 heavy (non-hydrogen) atoms. The van der Waals surface area contributed by atoms with E-state index >= 15 is 0 Å². The number of amidine groups is 1. The van der Waals surface area contributed by atoms with Crippen LogP contribution in [0.3, 0.4) is 0 Å². The van der Waals surface area contributed by atoms with Crippen molar-refractivity contribution in [3.8, 4) is 0 Å². The molecule has 0 unspecified atom stereocenters. The average molecular weight is 199 g/mol. The van der Waals surface area contributed by atoms with Gasteiger partial charge in [0.25, 0.3) is 0 Å². The number of hydrogen-bond donors (Lipinski definition) is 1. The minimum absolute atomic E-state index is 0.360. The van der Waals surface area contributed by atoms with Crippen LogP contribution in [0.4, 0.5) is 0 Å². The summed E-state index contributed by atoms with van der Waals surface area (Å²) in [6.45, 7) is 7.67. The van der Waals surface area contributed by atoms with Crippen LogP contribution in [0.1, 0.15) is 13.8 Å². The van der Waals surface area contributed by atoms with E-state index in [1.165, 1.54) is 0 Å². The van der Waals surface area contributed by atoms with Crippen molar-refractivity contribution in [2.45, 2.75) is 13.8 Å². The van der Waals surface area contributed by atoms with E-state index in [1.54, 1.807) is 7.05 Å². The van der Waals surface area contributed by atoms with Gasteiger partial charge in [-0.15, -0.1) is 0 Å². The second-order valence-electron chi connectivity index (χ2n) is 2.53. The van der Waals surface area contributed by atoms with Crippen molar-refractivity contribution < 1.29 is 0 Å². The number of aliphatic imine (C=N–C) groups is 1. The molecule has 0 rings (SSSR count). The van der Waals surface area contributed by atoms with E-state index in [0.717, 1.165) is 11.3 Å². The minimum Gasteiger partial charge on any atom is -0.331 e. The molecular weight excluding hydrogens is 184 g/mol. The molecule has 0 aliphatic carbocycles. The van der Waals surface area contributed by atoms with Crippen LogP contribution in [-0.2, 0) is 0 Å². The number of rotatable bonds is 3. The van der Waals surface area contributed by atoms with Crippen LogP contribution in [0, 0.1) is 0 Å². The number of allylic oxidation sites excluding steroid dienone is 4. The Balaban J connectivity index is 4.54. The van der Waals surface area contributed by atoms with E-state index in [0.29, 0.717) is 5.29 Å². The summed E-state index contributed by atoms with van der Waals surface area (Å²) in [5, 5.41) is 3.29. The molecule has 0 heterocycles. The molecule has 0 radical (unpaired) electrons. The van der Waals surface area contributed by atoms with Crippen LogP contribution in [0.25, 0.3) is 0 Å². The van der Waals surface area contributed by atoms with Gasteiger partial charge >= 0.3 is 0 Å². The maximum absolute atomic E-state index is 5.72. The van der Waals surface area contributed by atoms with Crippen molar-refractivity contribution in [2.24, 2.45) is 4.99 Å². The normalized spacial score (nSPS) is 13.5. The zero-order valence-electron chi connectivity index (χ0n) is 8.26. The van der Waals surface area contributed by atoms with E-state index in [9.17, 15) is 0 Å². The lowest BCUT2D eigenvalue weighted by Crippen LogP contribution is -2.17. The zero-order chi connectivity index (χ0) is 10.3. The Labute approximate surface area is 84.7 Å². The molecule has 0 bridgehead atoms. The summed E-state index contributed by atoms with van der Waals surface area (Å²) in [5.41, 5.74) is 1.79. The minimum atomic E-state index is 0.360. The summed E-state index contributed by atoms with van der Waals surface area (Å²) < 4.78 is 0. The molecule has 0 aromatic carbocycles. The smallest absolute Gasteiger partial charge is 0.195 e. The lowest BCUT2D eigenvalue weighted by Gasteiger charge is -2.07. The highest BCUT2D eigenvalue weighted by molar-refractivity contribution is 6.64. The van der Waals surface area contributed by atoms with E-state index in [4.69, 9.17) is 11.6 Å². The van der Waals surface area contributed by atoms with Crippen LogP contribution in [0.5, 0.6) is 0 Å². The second-order valence-corrected chi connectivity index (χ2v) is 2.88. The van der Waals surface area contributed by atoms with E-state index in [1.807, 2.05) is 32.1 Å². The summed E-state index contributed by atoms with van der Waals surface area (Å²) in [7, 11) is 1.63. The number of nitrogens with zero attached hydrogens (tertiary/aromatic N) is 1. The number of hydrogen-bond acceptors (Lipinski definition) is 1. The average Bonchev–Trinajstić information content (AvgIpc) is 2.11. The first kappa shape index (κ1) is 12.0. The van der Waals surface area contributed by atoms with Crippen molar-refractivity contribution in [3.63, 3.8) is 0 Å². The third kappa shape index (κ3) is 5.26. The lowest BCUT2D eigenvalue weighted by molar-refractivity contribution is 1.13. The Morgan fingerprint density at radius 1 is 1.54 bits per heavy atom. The molecule has 1 N–H and O–H groups in total. The molecule has 3 heteroatoms. The van der Waals surface area contributed by atoms with E-state index in [2.05, 4.69) is 16.9 Å². The summed E-state index contributed by atoms with van der Waals surface area (Å²) in [6, 6.07) is 0. The second kappa shape index (κ2) is 6.49. The Hall–Kier alpha value is -1.02. The third-order valence-electron chi connectivity index (χ3n) is 1.35. The van der Waals surface area contributed by atoms with Crippen molar-refractivity contribution >= 4 is 16.9 Å². The van der Waals surface area contributed by atoms with Gasteiger partial charge in [-0.25, -0.2) is 0 Å². The first-order valence-corrected chi connectivity index (χ1v) is 4.37. The lowest BCUT2D eigenvalue weighted by atomic mass is 10.2. The van der Waals surface area contributed by atoms with Crippen LogP contribution in [-0.4, -0.2) is 12.3 Å². The van der Waals surface area contributed by atoms with Gasteiger partial charge in [-0.3, -0.25) is 4.99 Å². The molecule has 0 fully saturated rings. The standard InChI is InChI=1S/C10H15ClN2/c1-5-6-7-9(8(2)3)13-10(11)12-4/h5-7H,2H2,1,3-4H3,(H,12,13)/b6-5-,9-7+. The molecule has 72 valence electrons. The van der Waals surface area contributed by atoms with Gasteiger partial charge in [0.05, 0.1) is 0 Å². The van der Waals surface area contributed by atoms with Crippen molar-refractivity contribution in [1.29, 1.82) is 0 Å². The Kier molecular flexibility index (Phi) is 5.98. The van der Waals surface area contributed by atoms with Gasteiger partial charge in [0.15, 0.2) is 5.29 Å². The summed E-state index contributed by atoms with van der Waals surface area (Å²) in [5.74, 6) is 0. The summed E-state index contributed by atoms with van der Waals surface area (Å²) >= 11 is 5.72. The Morgan fingerprint density at radius 2 is 2.15 bits per heavy atom. The molecule has 0 aromatic rings. The van der Waals surface area contributed by atoms with Gasteiger partial charge in [0.2, 0.25) is 0 Å². The van der Waals surface area contributed by atoms with E-state index in [-0.39, 0.29) is 0 Å². The molecule has 0 aliphatic rings. The molecule has 0 saturated heterocycles. The fourth-order valence-corrected chi connectivity index (χ4v) is 0.752. The predicted octanol–water partition coefficient (Wildman–Crippen LogP) is 2.84. The van der Waals surface area contributed by atoms with Crippen LogP contribution < -0.4 is 5.32 Å². The number of nitrogens with one attached hydrogen (secondary N) is 1. The SMILES string of the molecule is C=C(C)/C(=C\C=C/C)NC(Cl)=NC.